The predicted octanol–water partition coefficient (Wildman–Crippen LogP) is 3.32. The zero-order valence-electron chi connectivity index (χ0n) is 9.47. The van der Waals surface area contributed by atoms with Gasteiger partial charge in [0.1, 0.15) is 12.2 Å². The second-order valence-electron chi connectivity index (χ2n) is 3.70. The average molecular weight is 337 g/mol. The minimum absolute atomic E-state index is 0.0151. The van der Waals surface area contributed by atoms with Crippen LogP contribution in [0.3, 0.4) is 0 Å². The number of halogens is 1. The fraction of sp³-hybridized carbons (Fsp3) is 0.154. The highest BCUT2D eigenvalue weighted by Gasteiger charge is 2.07. The van der Waals surface area contributed by atoms with Crippen molar-refractivity contribution in [3.8, 4) is 0 Å². The van der Waals surface area contributed by atoms with Crippen molar-refractivity contribution in [1.82, 2.24) is 9.55 Å². The summed E-state index contributed by atoms with van der Waals surface area (Å²) in [6.45, 7) is 2.17. The second-order valence-corrected chi connectivity index (χ2v) is 6.29. The number of allylic oxidation sites excluding steroid dienone is 1. The van der Waals surface area contributed by atoms with Gasteiger partial charge in [-0.1, -0.05) is 39.8 Å². The van der Waals surface area contributed by atoms with E-state index in [4.69, 9.17) is 4.99 Å². The van der Waals surface area contributed by atoms with E-state index in [1.54, 1.807) is 0 Å². The number of imidazole rings is 1. The summed E-state index contributed by atoms with van der Waals surface area (Å²) in [4.78, 5) is 9.10. The van der Waals surface area contributed by atoms with E-state index in [1.807, 2.05) is 24.5 Å². The van der Waals surface area contributed by atoms with Gasteiger partial charge in [-0.25, -0.2) is 9.98 Å². The zero-order chi connectivity index (χ0) is 11.7. The van der Waals surface area contributed by atoms with E-state index in [1.165, 1.54) is 3.63 Å². The van der Waals surface area contributed by atoms with Crippen molar-refractivity contribution in [3.63, 3.8) is 0 Å². The molecule has 0 aliphatic carbocycles. The van der Waals surface area contributed by atoms with Crippen LogP contribution in [-0.2, 0) is 0 Å². The molecule has 3 rings (SSSR count). The number of aliphatic imine (C=N–C) groups is 1. The number of hydrogen-bond donors (Lipinski definition) is 0. The van der Waals surface area contributed by atoms with Gasteiger partial charge < -0.3 is 0 Å². The smallest absolute Gasteiger partial charge is 0.139 e. The number of benzene rings is 1. The van der Waals surface area contributed by atoms with Gasteiger partial charge in [0.25, 0.3) is 0 Å². The van der Waals surface area contributed by atoms with Crippen molar-refractivity contribution >= 4 is 41.2 Å². The highest BCUT2D eigenvalue weighted by atomic mass is 127. The molecule has 86 valence electrons. The quantitative estimate of drug-likeness (QED) is 0.735. The Morgan fingerprint density at radius 2 is 2.18 bits per heavy atom. The maximum atomic E-state index is 4.71. The SMILES string of the molecule is CCC1=IC=CC(n2cnc3ccccc32)=N1. The molecule has 17 heavy (non-hydrogen) atoms. The largest absolute Gasteiger partial charge is 0.283 e. The molecule has 0 amide bonds. The molecular weight excluding hydrogens is 325 g/mol. The Kier molecular flexibility index (Phi) is 2.88. The normalized spacial score (nSPS) is 15.4. The Balaban J connectivity index is 2.14. The standard InChI is InChI=1S/C13H12IN3/c1-2-12-14-8-7-13(16-12)17-9-15-10-5-3-4-6-11(10)17/h3-9H,2H2,1H3. The third-order valence-electron chi connectivity index (χ3n) is 2.63. The third-order valence-corrected chi connectivity index (χ3v) is 5.07. The number of para-hydroxylation sites is 2. The van der Waals surface area contributed by atoms with Crippen molar-refractivity contribution < 1.29 is 0 Å². The molecule has 0 fully saturated rings. The lowest BCUT2D eigenvalue weighted by molar-refractivity contribution is 1.16. The van der Waals surface area contributed by atoms with Crippen LogP contribution in [-0.4, -0.2) is 19.0 Å². The second kappa shape index (κ2) is 4.52. The lowest BCUT2D eigenvalue weighted by Gasteiger charge is -2.08. The van der Waals surface area contributed by atoms with Crippen LogP contribution in [0.25, 0.3) is 11.0 Å². The van der Waals surface area contributed by atoms with Crippen LogP contribution in [0.5, 0.6) is 0 Å². The topological polar surface area (TPSA) is 30.2 Å². The number of fused-ring (bicyclic) bond motifs is 1. The Bertz CT molecular complexity index is 649. The summed E-state index contributed by atoms with van der Waals surface area (Å²) >= 11 is 0.0151. The number of hydrogen-bond acceptors (Lipinski definition) is 2. The van der Waals surface area contributed by atoms with Crippen LogP contribution in [0.15, 0.2) is 45.7 Å². The van der Waals surface area contributed by atoms with E-state index in [0.717, 1.165) is 23.3 Å². The maximum Gasteiger partial charge on any atom is 0.139 e. The first-order valence-corrected chi connectivity index (χ1v) is 7.88. The van der Waals surface area contributed by atoms with Gasteiger partial charge in [-0.3, -0.25) is 4.57 Å². The number of rotatable bonds is 1. The first-order chi connectivity index (χ1) is 8.38. The molecule has 3 nitrogen and oxygen atoms in total. The molecule has 0 spiro atoms. The number of nitrogens with zero attached hydrogens (tertiary/aromatic N) is 3. The molecular formula is C13H12IN3. The van der Waals surface area contributed by atoms with Crippen molar-refractivity contribution in [2.75, 3.05) is 0 Å². The van der Waals surface area contributed by atoms with Crippen LogP contribution >= 0.6 is 20.7 Å². The number of aromatic nitrogens is 2. The minimum atomic E-state index is 0.0151. The molecule has 0 N–H and O–H groups in total. The van der Waals surface area contributed by atoms with E-state index in [2.05, 4.69) is 32.7 Å². The Morgan fingerprint density at radius 1 is 1.29 bits per heavy atom. The summed E-state index contributed by atoms with van der Waals surface area (Å²) < 4.78 is 5.67. The molecule has 1 aromatic heterocycles. The third kappa shape index (κ3) is 1.97. The van der Waals surface area contributed by atoms with E-state index in [0.29, 0.717) is 0 Å². The molecule has 1 aliphatic rings. The van der Waals surface area contributed by atoms with Gasteiger partial charge in [-0.05, 0) is 28.7 Å². The molecule has 0 radical (unpaired) electrons. The average Bonchev–Trinajstić information content (AvgIpc) is 2.82. The predicted molar refractivity (Wildman–Crippen MR) is 81.0 cm³/mol. The van der Waals surface area contributed by atoms with Crippen molar-refractivity contribution in [2.45, 2.75) is 13.3 Å². The van der Waals surface area contributed by atoms with Gasteiger partial charge >= 0.3 is 0 Å². The van der Waals surface area contributed by atoms with Gasteiger partial charge in [-0.15, -0.1) is 0 Å². The molecule has 1 aliphatic heterocycles. The Labute approximate surface area is 110 Å². The molecule has 0 unspecified atom stereocenters. The summed E-state index contributed by atoms with van der Waals surface area (Å²) in [6.07, 6.45) is 5.01. The summed E-state index contributed by atoms with van der Waals surface area (Å²) in [5.74, 6) is 0.988. The van der Waals surface area contributed by atoms with Crippen LogP contribution in [0.2, 0.25) is 0 Å². The van der Waals surface area contributed by atoms with Crippen molar-refractivity contribution in [3.05, 3.63) is 40.8 Å². The van der Waals surface area contributed by atoms with Crippen molar-refractivity contribution in [2.24, 2.45) is 4.99 Å². The molecule has 0 saturated heterocycles. The molecule has 4 heteroatoms. The van der Waals surface area contributed by atoms with Crippen LogP contribution in [0.4, 0.5) is 0 Å². The van der Waals surface area contributed by atoms with Gasteiger partial charge in [-0.2, -0.15) is 0 Å². The summed E-state index contributed by atoms with van der Waals surface area (Å²) in [5.41, 5.74) is 2.13. The highest BCUT2D eigenvalue weighted by molar-refractivity contribution is 14.2. The fourth-order valence-corrected chi connectivity index (χ4v) is 3.52. The first kappa shape index (κ1) is 10.8. The van der Waals surface area contributed by atoms with E-state index in [-0.39, 0.29) is 20.7 Å². The minimum Gasteiger partial charge on any atom is -0.283 e. The van der Waals surface area contributed by atoms with Gasteiger partial charge in [0.05, 0.1) is 14.7 Å². The summed E-state index contributed by atoms with van der Waals surface area (Å²) in [5, 5.41) is 0. The molecule has 0 atom stereocenters. The lowest BCUT2D eigenvalue weighted by atomic mass is 10.3. The summed E-state index contributed by atoms with van der Waals surface area (Å²) in [6, 6.07) is 8.14. The lowest BCUT2D eigenvalue weighted by Crippen LogP contribution is -2.11. The molecule has 2 aromatic rings. The van der Waals surface area contributed by atoms with E-state index < -0.39 is 0 Å². The molecule has 0 saturated carbocycles. The van der Waals surface area contributed by atoms with Crippen LogP contribution < -0.4 is 0 Å². The monoisotopic (exact) mass is 337 g/mol. The van der Waals surface area contributed by atoms with Crippen LogP contribution in [0.1, 0.15) is 13.3 Å². The molecule has 2 heterocycles. The molecule has 1 aromatic carbocycles. The maximum absolute atomic E-state index is 4.71. The van der Waals surface area contributed by atoms with E-state index >= 15 is 0 Å². The van der Waals surface area contributed by atoms with Gasteiger partial charge in [0.2, 0.25) is 0 Å². The first-order valence-electron chi connectivity index (χ1n) is 5.55. The Hall–Kier alpha value is -1.30. The van der Waals surface area contributed by atoms with Gasteiger partial charge in [0, 0.05) is 0 Å². The fourth-order valence-electron chi connectivity index (χ4n) is 1.78. The van der Waals surface area contributed by atoms with Crippen molar-refractivity contribution in [1.29, 1.82) is 0 Å². The summed E-state index contributed by atoms with van der Waals surface area (Å²) in [7, 11) is 0. The Morgan fingerprint density at radius 3 is 3.06 bits per heavy atom. The van der Waals surface area contributed by atoms with Crippen LogP contribution in [0, 0.1) is 0 Å². The van der Waals surface area contributed by atoms with Gasteiger partial charge in [0.15, 0.2) is 0 Å². The highest BCUT2D eigenvalue weighted by Crippen LogP contribution is 2.17. The van der Waals surface area contributed by atoms with E-state index in [9.17, 15) is 0 Å². The molecule has 0 bridgehead atoms. The zero-order valence-corrected chi connectivity index (χ0v) is 11.6.